The van der Waals surface area contributed by atoms with Gasteiger partial charge in [0.2, 0.25) is 10.0 Å². The third-order valence-corrected chi connectivity index (χ3v) is 6.05. The van der Waals surface area contributed by atoms with Gasteiger partial charge >= 0.3 is 0 Å². The minimum atomic E-state index is -3.74. The first kappa shape index (κ1) is 16.6. The highest BCUT2D eigenvalue weighted by molar-refractivity contribution is 7.89. The Bertz CT molecular complexity index is 1000. The van der Waals surface area contributed by atoms with Crippen LogP contribution in [0.5, 0.6) is 0 Å². The zero-order valence-electron chi connectivity index (χ0n) is 12.5. The van der Waals surface area contributed by atoms with Crippen LogP contribution in [0.2, 0.25) is 0 Å². The molecule has 0 spiro atoms. The Balaban J connectivity index is 1.75. The maximum atomic E-state index is 12.3. The molecule has 2 N–H and O–H groups in total. The number of rotatable bonds is 5. The molecule has 3 aromatic rings. The summed E-state index contributed by atoms with van der Waals surface area (Å²) in [6, 6.07) is 15.2. The van der Waals surface area contributed by atoms with Crippen LogP contribution in [0.4, 0.5) is 0 Å². The van der Waals surface area contributed by atoms with Crippen LogP contribution in [0.3, 0.4) is 0 Å². The molecule has 0 saturated heterocycles. The third-order valence-electron chi connectivity index (χ3n) is 3.63. The summed E-state index contributed by atoms with van der Waals surface area (Å²) in [4.78, 5) is 0.0591. The van der Waals surface area contributed by atoms with E-state index in [-0.39, 0.29) is 11.4 Å². The van der Waals surface area contributed by atoms with E-state index >= 15 is 0 Å². The maximum Gasteiger partial charge on any atom is 0.240 e. The fraction of sp³-hybridized carbons (Fsp3) is 0.118. The number of aliphatic hydroxyl groups is 1. The number of hydrogen-bond acceptors (Lipinski definition) is 5. The summed E-state index contributed by atoms with van der Waals surface area (Å²) in [5.41, 5.74) is 1.09. The molecule has 3 rings (SSSR count). The Morgan fingerprint density at radius 1 is 1.17 bits per heavy atom. The molecule has 0 saturated carbocycles. The maximum absolute atomic E-state index is 12.3. The van der Waals surface area contributed by atoms with Crippen molar-refractivity contribution in [2.45, 2.75) is 11.0 Å². The molecule has 0 aliphatic rings. The van der Waals surface area contributed by atoms with Crippen molar-refractivity contribution in [2.24, 2.45) is 0 Å². The van der Waals surface area contributed by atoms with Crippen molar-refractivity contribution in [3.63, 3.8) is 0 Å². The first-order valence-corrected chi connectivity index (χ1v) is 9.51. The van der Waals surface area contributed by atoms with E-state index in [0.717, 1.165) is 10.1 Å². The standard InChI is InChI=1S/C17H14N2O3S2/c18-9-12-5-7-13(8-6-12)24(21,22)19-10-16(20)15-11-23-17-4-2-1-3-14(15)17/h1-8,11,16,19-20H,10H2. The number of fused-ring (bicyclic) bond motifs is 1. The van der Waals surface area contributed by atoms with Gasteiger partial charge in [0.1, 0.15) is 0 Å². The first-order chi connectivity index (χ1) is 11.5. The molecule has 24 heavy (non-hydrogen) atoms. The van der Waals surface area contributed by atoms with Crippen molar-refractivity contribution in [3.05, 3.63) is 65.0 Å². The van der Waals surface area contributed by atoms with E-state index in [1.807, 2.05) is 35.7 Å². The molecular formula is C17H14N2O3S2. The van der Waals surface area contributed by atoms with Crippen LogP contribution in [0.25, 0.3) is 10.1 Å². The SMILES string of the molecule is N#Cc1ccc(S(=O)(=O)NCC(O)c2csc3ccccc23)cc1. The fourth-order valence-electron chi connectivity index (χ4n) is 2.35. The van der Waals surface area contributed by atoms with Gasteiger partial charge < -0.3 is 5.11 Å². The predicted molar refractivity (Wildman–Crippen MR) is 93.1 cm³/mol. The van der Waals surface area contributed by atoms with Gasteiger partial charge in [-0.1, -0.05) is 18.2 Å². The lowest BCUT2D eigenvalue weighted by Gasteiger charge is -2.12. The number of nitrogens with one attached hydrogen (secondary N) is 1. The number of sulfonamides is 1. The summed E-state index contributed by atoms with van der Waals surface area (Å²) in [6.45, 7) is -0.122. The second-order valence-electron chi connectivity index (χ2n) is 5.19. The normalized spacial score (nSPS) is 12.8. The summed E-state index contributed by atoms with van der Waals surface area (Å²) in [5.74, 6) is 0. The Morgan fingerprint density at radius 3 is 2.58 bits per heavy atom. The molecule has 0 radical (unpaired) electrons. The second-order valence-corrected chi connectivity index (χ2v) is 7.87. The Morgan fingerprint density at radius 2 is 1.88 bits per heavy atom. The van der Waals surface area contributed by atoms with Crippen LogP contribution >= 0.6 is 11.3 Å². The highest BCUT2D eigenvalue weighted by atomic mass is 32.2. The van der Waals surface area contributed by atoms with Gasteiger partial charge in [-0.2, -0.15) is 5.26 Å². The lowest BCUT2D eigenvalue weighted by Crippen LogP contribution is -2.28. The molecule has 2 aromatic carbocycles. The van der Waals surface area contributed by atoms with Gasteiger partial charge in [-0.05, 0) is 41.1 Å². The number of nitrogens with zero attached hydrogens (tertiary/aromatic N) is 1. The van der Waals surface area contributed by atoms with Crippen LogP contribution in [0, 0.1) is 11.3 Å². The average molecular weight is 358 g/mol. The van der Waals surface area contributed by atoms with Crippen molar-refractivity contribution in [2.75, 3.05) is 6.54 Å². The zero-order valence-corrected chi connectivity index (χ0v) is 14.1. The summed E-state index contributed by atoms with van der Waals surface area (Å²) < 4.78 is 28.0. The molecule has 0 fully saturated rings. The van der Waals surface area contributed by atoms with Gasteiger partial charge in [-0.15, -0.1) is 11.3 Å². The third kappa shape index (κ3) is 3.32. The number of aliphatic hydroxyl groups excluding tert-OH is 1. The lowest BCUT2D eigenvalue weighted by molar-refractivity contribution is 0.184. The van der Waals surface area contributed by atoms with Gasteiger partial charge in [-0.25, -0.2) is 13.1 Å². The van der Waals surface area contributed by atoms with Crippen LogP contribution in [-0.4, -0.2) is 20.1 Å². The number of benzene rings is 2. The molecule has 0 aliphatic carbocycles. The minimum absolute atomic E-state index is 0.0591. The van der Waals surface area contributed by atoms with E-state index in [4.69, 9.17) is 5.26 Å². The molecule has 1 heterocycles. The van der Waals surface area contributed by atoms with Crippen LogP contribution in [-0.2, 0) is 10.0 Å². The largest absolute Gasteiger partial charge is 0.387 e. The molecule has 5 nitrogen and oxygen atoms in total. The lowest BCUT2D eigenvalue weighted by atomic mass is 10.1. The highest BCUT2D eigenvalue weighted by Gasteiger charge is 2.18. The van der Waals surface area contributed by atoms with Gasteiger partial charge in [0.05, 0.1) is 22.6 Å². The molecule has 0 aliphatic heterocycles. The first-order valence-electron chi connectivity index (χ1n) is 7.15. The molecule has 1 atom stereocenters. The van der Waals surface area contributed by atoms with Crippen molar-refractivity contribution >= 4 is 31.4 Å². The van der Waals surface area contributed by atoms with Crippen LogP contribution in [0.15, 0.2) is 58.8 Å². The second kappa shape index (κ2) is 6.71. The summed E-state index contributed by atoms with van der Waals surface area (Å²) in [5, 5.41) is 21.9. The molecule has 1 aromatic heterocycles. The Kier molecular flexibility index (Phi) is 4.64. The Labute approximate surface area is 143 Å². The van der Waals surface area contributed by atoms with Gasteiger partial charge in [0.15, 0.2) is 0 Å². The average Bonchev–Trinajstić information content (AvgIpc) is 3.04. The van der Waals surface area contributed by atoms with Gasteiger partial charge in [0.25, 0.3) is 0 Å². The number of nitriles is 1. The Hall–Kier alpha value is -2.24. The molecule has 7 heteroatoms. The molecule has 122 valence electrons. The van der Waals surface area contributed by atoms with E-state index in [9.17, 15) is 13.5 Å². The monoisotopic (exact) mass is 358 g/mol. The fourth-order valence-corrected chi connectivity index (χ4v) is 4.39. The van der Waals surface area contributed by atoms with E-state index in [2.05, 4.69) is 4.72 Å². The van der Waals surface area contributed by atoms with E-state index in [1.165, 1.54) is 35.6 Å². The topological polar surface area (TPSA) is 90.2 Å². The smallest absolute Gasteiger partial charge is 0.240 e. The number of thiophene rings is 1. The van der Waals surface area contributed by atoms with E-state index in [1.54, 1.807) is 0 Å². The quantitative estimate of drug-likeness (QED) is 0.734. The van der Waals surface area contributed by atoms with Crippen molar-refractivity contribution < 1.29 is 13.5 Å². The summed E-state index contributed by atoms with van der Waals surface area (Å²) in [7, 11) is -3.74. The van der Waals surface area contributed by atoms with E-state index < -0.39 is 16.1 Å². The summed E-state index contributed by atoms with van der Waals surface area (Å²) in [6.07, 6.45) is -0.936. The molecular weight excluding hydrogens is 344 g/mol. The minimum Gasteiger partial charge on any atom is -0.387 e. The van der Waals surface area contributed by atoms with Gasteiger partial charge in [-0.3, -0.25) is 0 Å². The molecule has 0 bridgehead atoms. The summed E-state index contributed by atoms with van der Waals surface area (Å²) >= 11 is 1.51. The van der Waals surface area contributed by atoms with Crippen molar-refractivity contribution in [3.8, 4) is 6.07 Å². The number of hydrogen-bond donors (Lipinski definition) is 2. The van der Waals surface area contributed by atoms with Crippen LogP contribution < -0.4 is 4.72 Å². The highest BCUT2D eigenvalue weighted by Crippen LogP contribution is 2.30. The van der Waals surface area contributed by atoms with Crippen molar-refractivity contribution in [1.82, 2.24) is 4.72 Å². The molecule has 1 unspecified atom stereocenters. The zero-order chi connectivity index (χ0) is 17.2. The van der Waals surface area contributed by atoms with Gasteiger partial charge in [0, 0.05) is 16.8 Å². The van der Waals surface area contributed by atoms with E-state index in [0.29, 0.717) is 11.1 Å². The molecule has 0 amide bonds. The van der Waals surface area contributed by atoms with Crippen LogP contribution in [0.1, 0.15) is 17.2 Å². The van der Waals surface area contributed by atoms with Crippen molar-refractivity contribution in [1.29, 1.82) is 5.26 Å². The predicted octanol–water partition coefficient (Wildman–Crippen LogP) is 2.78.